The Labute approximate surface area is 108 Å². The number of nitrogens with zero attached hydrogens (tertiary/aromatic N) is 1. The van der Waals surface area contributed by atoms with Crippen molar-refractivity contribution in [3.05, 3.63) is 23.8 Å². The number of amides is 1. The molecule has 4 nitrogen and oxygen atoms in total. The first kappa shape index (κ1) is 12.9. The maximum atomic E-state index is 12.3. The predicted molar refractivity (Wildman–Crippen MR) is 71.9 cm³/mol. The molecule has 1 heterocycles. The second kappa shape index (κ2) is 5.40. The topological polar surface area (TPSA) is 55.6 Å². The first-order chi connectivity index (χ1) is 8.67. The third-order valence-electron chi connectivity index (χ3n) is 3.17. The lowest BCUT2D eigenvalue weighted by atomic mass is 10.1. The maximum Gasteiger partial charge on any atom is 0.268 e. The fourth-order valence-electron chi connectivity index (χ4n) is 2.17. The highest BCUT2D eigenvalue weighted by molar-refractivity contribution is 6.00. The van der Waals surface area contributed by atoms with Gasteiger partial charge in [-0.25, -0.2) is 0 Å². The summed E-state index contributed by atoms with van der Waals surface area (Å²) >= 11 is 0. The second-order valence-corrected chi connectivity index (χ2v) is 4.62. The van der Waals surface area contributed by atoms with Gasteiger partial charge in [0.05, 0.1) is 5.69 Å². The average Bonchev–Trinajstić information content (AvgIpc) is 2.37. The molecule has 18 heavy (non-hydrogen) atoms. The molecule has 2 rings (SSSR count). The molecule has 0 aliphatic carbocycles. The van der Waals surface area contributed by atoms with E-state index in [9.17, 15) is 4.79 Å². The molecule has 2 N–H and O–H groups in total. The van der Waals surface area contributed by atoms with E-state index in [4.69, 9.17) is 10.5 Å². The van der Waals surface area contributed by atoms with Gasteiger partial charge in [0, 0.05) is 6.54 Å². The molecule has 0 saturated heterocycles. The Kier molecular flexibility index (Phi) is 3.87. The standard InChI is InChI=1S/C14H20N2O2/c1-3-12-14(17)16(8-4-7-15)11-6-5-10(2)9-13(11)18-12/h5-6,9,12H,3-4,7-8,15H2,1-2H3. The minimum atomic E-state index is -0.364. The molecule has 0 fully saturated rings. The summed E-state index contributed by atoms with van der Waals surface area (Å²) < 4.78 is 5.76. The van der Waals surface area contributed by atoms with E-state index in [2.05, 4.69) is 0 Å². The lowest BCUT2D eigenvalue weighted by Crippen LogP contribution is -2.46. The quantitative estimate of drug-likeness (QED) is 0.884. The molecular weight excluding hydrogens is 228 g/mol. The Hall–Kier alpha value is -1.55. The summed E-state index contributed by atoms with van der Waals surface area (Å²) in [7, 11) is 0. The van der Waals surface area contributed by atoms with Crippen LogP contribution in [0.4, 0.5) is 5.69 Å². The number of ether oxygens (including phenoxy) is 1. The highest BCUT2D eigenvalue weighted by atomic mass is 16.5. The zero-order valence-electron chi connectivity index (χ0n) is 11.0. The van der Waals surface area contributed by atoms with Gasteiger partial charge >= 0.3 is 0 Å². The molecule has 1 unspecified atom stereocenters. The van der Waals surface area contributed by atoms with Crippen LogP contribution in [0.25, 0.3) is 0 Å². The van der Waals surface area contributed by atoms with Crippen LogP contribution >= 0.6 is 0 Å². The van der Waals surface area contributed by atoms with Crippen LogP contribution < -0.4 is 15.4 Å². The molecule has 0 bridgehead atoms. The molecule has 4 heteroatoms. The molecule has 1 amide bonds. The zero-order valence-corrected chi connectivity index (χ0v) is 11.0. The molecule has 1 aliphatic heterocycles. The minimum absolute atomic E-state index is 0.0438. The molecular formula is C14H20N2O2. The van der Waals surface area contributed by atoms with Crippen LogP contribution in [0.2, 0.25) is 0 Å². The van der Waals surface area contributed by atoms with Gasteiger partial charge < -0.3 is 15.4 Å². The average molecular weight is 248 g/mol. The summed E-state index contributed by atoms with van der Waals surface area (Å²) in [6.45, 7) is 5.23. The van der Waals surface area contributed by atoms with E-state index in [1.807, 2.05) is 32.0 Å². The number of hydrogen-bond donors (Lipinski definition) is 1. The smallest absolute Gasteiger partial charge is 0.268 e. The van der Waals surface area contributed by atoms with E-state index in [-0.39, 0.29) is 12.0 Å². The zero-order chi connectivity index (χ0) is 13.1. The van der Waals surface area contributed by atoms with E-state index >= 15 is 0 Å². The van der Waals surface area contributed by atoms with Crippen LogP contribution in [0, 0.1) is 6.92 Å². The highest BCUT2D eigenvalue weighted by Crippen LogP contribution is 2.35. The fraction of sp³-hybridized carbons (Fsp3) is 0.500. The number of hydrogen-bond acceptors (Lipinski definition) is 3. The Morgan fingerprint density at radius 1 is 1.44 bits per heavy atom. The molecule has 1 aliphatic rings. The van der Waals surface area contributed by atoms with Crippen molar-refractivity contribution in [3.8, 4) is 5.75 Å². The van der Waals surface area contributed by atoms with Crippen molar-refractivity contribution in [2.24, 2.45) is 5.73 Å². The number of nitrogens with two attached hydrogens (primary N) is 1. The van der Waals surface area contributed by atoms with Crippen LogP contribution in [0.3, 0.4) is 0 Å². The molecule has 0 saturated carbocycles. The largest absolute Gasteiger partial charge is 0.478 e. The number of carbonyl (C=O) groups excluding carboxylic acids is 1. The van der Waals surface area contributed by atoms with Crippen LogP contribution in [0.5, 0.6) is 5.75 Å². The van der Waals surface area contributed by atoms with Gasteiger partial charge in [0.1, 0.15) is 5.75 Å². The summed E-state index contributed by atoms with van der Waals surface area (Å²) in [6.07, 6.45) is 1.12. The molecule has 0 radical (unpaired) electrons. The van der Waals surface area contributed by atoms with Crippen molar-refractivity contribution in [3.63, 3.8) is 0 Å². The first-order valence-electron chi connectivity index (χ1n) is 6.46. The molecule has 1 aromatic carbocycles. The highest BCUT2D eigenvalue weighted by Gasteiger charge is 2.32. The maximum absolute atomic E-state index is 12.3. The summed E-state index contributed by atoms with van der Waals surface area (Å²) in [6, 6.07) is 5.93. The number of fused-ring (bicyclic) bond motifs is 1. The Balaban J connectivity index is 2.35. The van der Waals surface area contributed by atoms with E-state index in [1.54, 1.807) is 4.90 Å². The minimum Gasteiger partial charge on any atom is -0.478 e. The number of aryl methyl sites for hydroxylation is 1. The van der Waals surface area contributed by atoms with Crippen molar-refractivity contribution in [1.82, 2.24) is 0 Å². The van der Waals surface area contributed by atoms with E-state index < -0.39 is 0 Å². The van der Waals surface area contributed by atoms with E-state index in [0.29, 0.717) is 19.5 Å². The van der Waals surface area contributed by atoms with Crippen molar-refractivity contribution in [2.45, 2.75) is 32.8 Å². The molecule has 1 aromatic rings. The Bertz CT molecular complexity index is 445. The van der Waals surface area contributed by atoms with E-state index in [1.165, 1.54) is 0 Å². The van der Waals surface area contributed by atoms with Gasteiger partial charge in [-0.1, -0.05) is 13.0 Å². The van der Waals surface area contributed by atoms with Gasteiger partial charge in [0.25, 0.3) is 5.91 Å². The third kappa shape index (κ3) is 2.34. The number of carbonyl (C=O) groups is 1. The van der Waals surface area contributed by atoms with Crippen molar-refractivity contribution in [1.29, 1.82) is 0 Å². The van der Waals surface area contributed by atoms with E-state index in [0.717, 1.165) is 23.4 Å². The summed E-state index contributed by atoms with van der Waals surface area (Å²) in [4.78, 5) is 14.1. The Morgan fingerprint density at radius 2 is 2.22 bits per heavy atom. The van der Waals surface area contributed by atoms with Crippen LogP contribution in [0.1, 0.15) is 25.3 Å². The normalized spacial score (nSPS) is 18.5. The third-order valence-corrected chi connectivity index (χ3v) is 3.17. The summed E-state index contributed by atoms with van der Waals surface area (Å²) in [5, 5.41) is 0. The number of benzene rings is 1. The lowest BCUT2D eigenvalue weighted by Gasteiger charge is -2.34. The number of anilines is 1. The Morgan fingerprint density at radius 3 is 2.89 bits per heavy atom. The SMILES string of the molecule is CCC1Oc2cc(C)ccc2N(CCCN)C1=O. The van der Waals surface area contributed by atoms with Gasteiger partial charge in [-0.05, 0) is 44.0 Å². The van der Waals surface area contributed by atoms with Gasteiger partial charge in [-0.2, -0.15) is 0 Å². The molecule has 0 spiro atoms. The van der Waals surface area contributed by atoms with Crippen LogP contribution in [-0.4, -0.2) is 25.1 Å². The van der Waals surface area contributed by atoms with Crippen LogP contribution in [-0.2, 0) is 4.79 Å². The first-order valence-corrected chi connectivity index (χ1v) is 6.46. The van der Waals surface area contributed by atoms with Crippen molar-refractivity contribution in [2.75, 3.05) is 18.0 Å². The van der Waals surface area contributed by atoms with Crippen LogP contribution in [0.15, 0.2) is 18.2 Å². The van der Waals surface area contributed by atoms with Gasteiger partial charge in [0.2, 0.25) is 0 Å². The summed E-state index contributed by atoms with van der Waals surface area (Å²) in [5.41, 5.74) is 7.53. The van der Waals surface area contributed by atoms with Gasteiger partial charge in [-0.15, -0.1) is 0 Å². The lowest BCUT2D eigenvalue weighted by molar-refractivity contribution is -0.126. The van der Waals surface area contributed by atoms with Crippen molar-refractivity contribution >= 4 is 11.6 Å². The fourth-order valence-corrected chi connectivity index (χ4v) is 2.17. The second-order valence-electron chi connectivity index (χ2n) is 4.62. The molecule has 0 aromatic heterocycles. The summed E-state index contributed by atoms with van der Waals surface area (Å²) in [5.74, 6) is 0.848. The van der Waals surface area contributed by atoms with Gasteiger partial charge in [0.15, 0.2) is 6.10 Å². The monoisotopic (exact) mass is 248 g/mol. The van der Waals surface area contributed by atoms with Gasteiger partial charge in [-0.3, -0.25) is 4.79 Å². The molecule has 98 valence electrons. The number of rotatable bonds is 4. The predicted octanol–water partition coefficient (Wildman–Crippen LogP) is 1.85. The molecule has 1 atom stereocenters. The van der Waals surface area contributed by atoms with Crippen molar-refractivity contribution < 1.29 is 9.53 Å².